The molecule has 128 valence electrons. The van der Waals surface area contributed by atoms with Gasteiger partial charge >= 0.3 is 0 Å². The summed E-state index contributed by atoms with van der Waals surface area (Å²) in [6, 6.07) is 14.4. The van der Waals surface area contributed by atoms with E-state index >= 15 is 0 Å². The quantitative estimate of drug-likeness (QED) is 0.854. The summed E-state index contributed by atoms with van der Waals surface area (Å²) in [7, 11) is -3.65. The van der Waals surface area contributed by atoms with E-state index in [0.29, 0.717) is 17.1 Å². The molecule has 0 saturated carbocycles. The van der Waals surface area contributed by atoms with Gasteiger partial charge in [0.15, 0.2) is 9.84 Å². The second-order valence-electron chi connectivity index (χ2n) is 5.69. The lowest BCUT2D eigenvalue weighted by molar-refractivity contribution is -0.120. The van der Waals surface area contributed by atoms with Crippen LogP contribution >= 0.6 is 11.6 Å². The van der Waals surface area contributed by atoms with E-state index < -0.39 is 21.0 Å². The molecule has 0 aliphatic heterocycles. The van der Waals surface area contributed by atoms with Gasteiger partial charge in [-0.05, 0) is 36.6 Å². The lowest BCUT2D eigenvalue weighted by Crippen LogP contribution is -2.38. The van der Waals surface area contributed by atoms with Crippen molar-refractivity contribution in [3.63, 3.8) is 0 Å². The van der Waals surface area contributed by atoms with E-state index in [-0.39, 0.29) is 5.75 Å². The molecule has 2 rings (SSSR count). The number of halogens is 1. The maximum absolute atomic E-state index is 12.5. The van der Waals surface area contributed by atoms with E-state index in [2.05, 4.69) is 5.32 Å². The summed E-state index contributed by atoms with van der Waals surface area (Å²) in [6.07, 6.45) is 0. The standard InChI is InChI=1S/C18H20ClNO3S/c1-13-7-3-4-8-15(13)11-20-18(21)14(2)24(22,23)12-16-9-5-6-10-17(16)19/h3-10,14H,11-12H2,1-2H3,(H,20,21). The minimum Gasteiger partial charge on any atom is -0.351 e. The van der Waals surface area contributed by atoms with Crippen molar-refractivity contribution in [2.45, 2.75) is 31.4 Å². The van der Waals surface area contributed by atoms with E-state index in [1.54, 1.807) is 24.3 Å². The predicted octanol–water partition coefficient (Wildman–Crippen LogP) is 3.27. The summed E-state index contributed by atoms with van der Waals surface area (Å²) >= 11 is 6.01. The molecule has 1 N–H and O–H groups in total. The van der Waals surface area contributed by atoms with Crippen LogP contribution in [0.25, 0.3) is 0 Å². The lowest BCUT2D eigenvalue weighted by Gasteiger charge is -2.14. The fraction of sp³-hybridized carbons (Fsp3) is 0.278. The van der Waals surface area contributed by atoms with Gasteiger partial charge in [-0.1, -0.05) is 54.1 Å². The van der Waals surface area contributed by atoms with Crippen LogP contribution in [0.1, 0.15) is 23.6 Å². The van der Waals surface area contributed by atoms with Crippen molar-refractivity contribution < 1.29 is 13.2 Å². The molecule has 2 aromatic carbocycles. The van der Waals surface area contributed by atoms with E-state index in [0.717, 1.165) is 11.1 Å². The zero-order valence-electron chi connectivity index (χ0n) is 13.6. The Labute approximate surface area is 147 Å². The third-order valence-corrected chi connectivity index (χ3v) is 6.31. The molecule has 0 radical (unpaired) electrons. The van der Waals surface area contributed by atoms with Crippen molar-refractivity contribution in [2.24, 2.45) is 0 Å². The Hall–Kier alpha value is -1.85. The van der Waals surface area contributed by atoms with E-state index in [1.807, 2.05) is 31.2 Å². The van der Waals surface area contributed by atoms with Gasteiger partial charge in [-0.15, -0.1) is 0 Å². The smallest absolute Gasteiger partial charge is 0.238 e. The van der Waals surface area contributed by atoms with Crippen molar-refractivity contribution in [3.05, 3.63) is 70.2 Å². The van der Waals surface area contributed by atoms with Crippen LogP contribution in [-0.2, 0) is 26.9 Å². The molecule has 0 heterocycles. The number of nitrogens with one attached hydrogen (secondary N) is 1. The first-order valence-corrected chi connectivity index (χ1v) is 9.68. The second kappa shape index (κ2) is 7.81. The number of aryl methyl sites for hydroxylation is 1. The first-order valence-electron chi connectivity index (χ1n) is 7.58. The molecule has 0 aromatic heterocycles. The summed E-state index contributed by atoms with van der Waals surface area (Å²) in [4.78, 5) is 12.2. The van der Waals surface area contributed by atoms with Gasteiger partial charge < -0.3 is 5.32 Å². The Morgan fingerprint density at radius 2 is 1.67 bits per heavy atom. The summed E-state index contributed by atoms with van der Waals surface area (Å²) in [5.74, 6) is -0.767. The first kappa shape index (κ1) is 18.5. The van der Waals surface area contributed by atoms with Gasteiger partial charge in [0.1, 0.15) is 5.25 Å². The molecule has 0 bridgehead atoms. The molecule has 4 nitrogen and oxygen atoms in total. The predicted molar refractivity (Wildman–Crippen MR) is 96.6 cm³/mol. The number of benzene rings is 2. The molecular weight excluding hydrogens is 346 g/mol. The van der Waals surface area contributed by atoms with Crippen LogP contribution in [0.15, 0.2) is 48.5 Å². The minimum absolute atomic E-state index is 0.258. The Kier molecular flexibility index (Phi) is 6.02. The molecule has 0 aliphatic rings. The molecule has 1 atom stereocenters. The van der Waals surface area contributed by atoms with Crippen LogP contribution in [0, 0.1) is 6.92 Å². The molecule has 1 amide bonds. The zero-order valence-corrected chi connectivity index (χ0v) is 15.2. The van der Waals surface area contributed by atoms with Crippen LogP contribution in [-0.4, -0.2) is 19.6 Å². The Bertz CT molecular complexity index is 834. The molecular formula is C18H20ClNO3S. The van der Waals surface area contributed by atoms with Gasteiger partial charge in [0, 0.05) is 11.6 Å². The summed E-state index contributed by atoms with van der Waals surface area (Å²) in [6.45, 7) is 3.65. The van der Waals surface area contributed by atoms with Gasteiger partial charge in [0.25, 0.3) is 0 Å². The molecule has 0 spiro atoms. The Morgan fingerprint density at radius 3 is 2.29 bits per heavy atom. The topological polar surface area (TPSA) is 63.2 Å². The van der Waals surface area contributed by atoms with Gasteiger partial charge in [-0.25, -0.2) is 8.42 Å². The summed E-state index contributed by atoms with van der Waals surface area (Å²) in [5.41, 5.74) is 2.50. The molecule has 0 saturated heterocycles. The van der Waals surface area contributed by atoms with E-state index in [9.17, 15) is 13.2 Å². The highest BCUT2D eigenvalue weighted by Gasteiger charge is 2.28. The Balaban J connectivity index is 2.04. The average molecular weight is 366 g/mol. The molecule has 0 aliphatic carbocycles. The van der Waals surface area contributed by atoms with Crippen molar-refractivity contribution in [1.82, 2.24) is 5.32 Å². The fourth-order valence-corrected chi connectivity index (χ4v) is 3.88. The molecule has 0 fully saturated rings. The van der Waals surface area contributed by atoms with Gasteiger partial charge in [0.05, 0.1) is 5.75 Å². The van der Waals surface area contributed by atoms with Crippen LogP contribution in [0.3, 0.4) is 0 Å². The van der Waals surface area contributed by atoms with Crippen molar-refractivity contribution in [1.29, 1.82) is 0 Å². The molecule has 6 heteroatoms. The van der Waals surface area contributed by atoms with Gasteiger partial charge in [-0.3, -0.25) is 4.79 Å². The number of carbonyl (C=O) groups is 1. The van der Waals surface area contributed by atoms with Crippen LogP contribution in [0.5, 0.6) is 0 Å². The number of hydrogen-bond donors (Lipinski definition) is 1. The first-order chi connectivity index (χ1) is 11.3. The normalized spacial score (nSPS) is 12.6. The van der Waals surface area contributed by atoms with Crippen LogP contribution in [0.2, 0.25) is 5.02 Å². The van der Waals surface area contributed by atoms with Gasteiger partial charge in [-0.2, -0.15) is 0 Å². The number of amides is 1. The fourth-order valence-electron chi connectivity index (χ4n) is 2.25. The maximum Gasteiger partial charge on any atom is 0.238 e. The van der Waals surface area contributed by atoms with Crippen LogP contribution < -0.4 is 5.32 Å². The highest BCUT2D eigenvalue weighted by molar-refractivity contribution is 7.92. The second-order valence-corrected chi connectivity index (χ2v) is 8.41. The monoisotopic (exact) mass is 365 g/mol. The van der Waals surface area contributed by atoms with Crippen molar-refractivity contribution in [2.75, 3.05) is 0 Å². The third kappa shape index (κ3) is 4.58. The largest absolute Gasteiger partial charge is 0.351 e. The number of carbonyl (C=O) groups excluding carboxylic acids is 1. The highest BCUT2D eigenvalue weighted by Crippen LogP contribution is 2.20. The maximum atomic E-state index is 12.5. The number of rotatable bonds is 6. The Morgan fingerprint density at radius 1 is 1.08 bits per heavy atom. The number of sulfone groups is 1. The van der Waals surface area contributed by atoms with E-state index in [4.69, 9.17) is 11.6 Å². The van der Waals surface area contributed by atoms with Crippen LogP contribution in [0.4, 0.5) is 0 Å². The highest BCUT2D eigenvalue weighted by atomic mass is 35.5. The average Bonchev–Trinajstić information content (AvgIpc) is 2.55. The van der Waals surface area contributed by atoms with E-state index in [1.165, 1.54) is 6.92 Å². The molecule has 24 heavy (non-hydrogen) atoms. The van der Waals surface area contributed by atoms with Crippen molar-refractivity contribution >= 4 is 27.3 Å². The summed E-state index contributed by atoms with van der Waals surface area (Å²) < 4.78 is 24.9. The summed E-state index contributed by atoms with van der Waals surface area (Å²) in [5, 5.41) is 1.94. The lowest BCUT2D eigenvalue weighted by atomic mass is 10.1. The third-order valence-electron chi connectivity index (χ3n) is 3.94. The van der Waals surface area contributed by atoms with Crippen molar-refractivity contribution in [3.8, 4) is 0 Å². The zero-order chi connectivity index (χ0) is 17.7. The molecule has 1 unspecified atom stereocenters. The minimum atomic E-state index is -3.65. The van der Waals surface area contributed by atoms with Gasteiger partial charge in [0.2, 0.25) is 5.91 Å². The molecule has 2 aromatic rings. The number of hydrogen-bond acceptors (Lipinski definition) is 3. The SMILES string of the molecule is Cc1ccccc1CNC(=O)C(C)S(=O)(=O)Cc1ccccc1Cl.